The number of nitrogens with zero attached hydrogens (tertiary/aromatic N) is 3. The lowest BCUT2D eigenvalue weighted by Crippen LogP contribution is -3.07. The normalized spacial score (nSPS) is 25.3. The molecule has 4 rings (SSSR count). The van der Waals surface area contributed by atoms with Gasteiger partial charge in [-0.3, -0.25) is 4.99 Å². The van der Waals surface area contributed by atoms with Gasteiger partial charge in [-0.15, -0.1) is 0 Å². The molecule has 1 aliphatic carbocycles. The van der Waals surface area contributed by atoms with Crippen LogP contribution < -0.4 is 17.3 Å². The summed E-state index contributed by atoms with van der Waals surface area (Å²) in [5.74, 6) is 0.855. The van der Waals surface area contributed by atoms with Crippen molar-refractivity contribution in [3.63, 3.8) is 0 Å². The summed E-state index contributed by atoms with van der Waals surface area (Å²) in [6.07, 6.45) is 9.13. The zero-order valence-electron chi connectivity index (χ0n) is 16.0. The molecule has 154 valence electrons. The number of hydrogen-bond donors (Lipinski definition) is 2. The van der Waals surface area contributed by atoms with Crippen molar-refractivity contribution in [2.45, 2.75) is 32.2 Å². The van der Waals surface area contributed by atoms with Crippen LogP contribution in [0.15, 0.2) is 64.1 Å². The Morgan fingerprint density at radius 1 is 1.21 bits per heavy atom. The van der Waals surface area contributed by atoms with Crippen LogP contribution in [0.5, 0.6) is 0 Å². The molecule has 0 radical (unpaired) electrons. The van der Waals surface area contributed by atoms with Crippen molar-refractivity contribution in [2.24, 2.45) is 21.8 Å². The minimum absolute atomic E-state index is 0. The molecule has 2 heterocycles. The van der Waals surface area contributed by atoms with E-state index in [2.05, 4.69) is 27.6 Å². The minimum atomic E-state index is -0.838. The van der Waals surface area contributed by atoms with Gasteiger partial charge >= 0.3 is 6.09 Å². The lowest BCUT2D eigenvalue weighted by molar-refractivity contribution is -0.684. The second-order valence-corrected chi connectivity index (χ2v) is 8.60. The molecule has 0 spiro atoms. The fourth-order valence-corrected chi connectivity index (χ4v) is 4.99. The van der Waals surface area contributed by atoms with Crippen LogP contribution in [0.2, 0.25) is 0 Å². The number of carbonyl (C=O) groups is 1. The first-order valence-corrected chi connectivity index (χ1v) is 10.8. The maximum atomic E-state index is 11.7. The molecule has 1 saturated carbocycles. The number of halogens is 2. The van der Waals surface area contributed by atoms with E-state index < -0.39 is 6.09 Å². The lowest BCUT2D eigenvalue weighted by atomic mass is 9.80. The summed E-state index contributed by atoms with van der Waals surface area (Å²) in [5, 5.41) is 9.62. The Morgan fingerprint density at radius 3 is 2.62 bits per heavy atom. The molecule has 2 N–H and O–H groups in total. The van der Waals surface area contributed by atoms with Gasteiger partial charge in [0.15, 0.2) is 5.70 Å². The molecular formula is C21H24ClIN4O2. The molecule has 29 heavy (non-hydrogen) atoms. The molecule has 1 amide bonds. The van der Waals surface area contributed by atoms with Crippen molar-refractivity contribution in [2.75, 3.05) is 6.54 Å². The highest BCUT2D eigenvalue weighted by molar-refractivity contribution is 14.1. The molecule has 0 bridgehead atoms. The average molecular weight is 527 g/mol. The smallest absolute Gasteiger partial charge is 0.407 e. The third-order valence-electron chi connectivity index (χ3n) is 5.74. The summed E-state index contributed by atoms with van der Waals surface area (Å²) in [5.41, 5.74) is 3.38. The van der Waals surface area contributed by atoms with E-state index in [1.807, 2.05) is 48.9 Å². The third kappa shape index (κ3) is 5.07. The molecule has 0 saturated heterocycles. The van der Waals surface area contributed by atoms with Crippen LogP contribution >= 0.6 is 22.6 Å². The number of quaternary nitrogens is 1. The van der Waals surface area contributed by atoms with Crippen LogP contribution in [-0.4, -0.2) is 32.7 Å². The third-order valence-corrected chi connectivity index (χ3v) is 6.56. The SMILES string of the molecule is O=C(O)N(Cc1ccccc1)CC1CCC(C2=C3C=NC=C[NH+]3C(I)=N2)CC1.[Cl-]. The van der Waals surface area contributed by atoms with Gasteiger partial charge in [-0.05, 0) is 37.2 Å². The highest BCUT2D eigenvalue weighted by Gasteiger charge is 2.36. The van der Waals surface area contributed by atoms with Crippen molar-refractivity contribution in [1.29, 1.82) is 0 Å². The molecule has 1 aromatic rings. The molecule has 2 aliphatic heterocycles. The van der Waals surface area contributed by atoms with Gasteiger partial charge in [0.25, 0.3) is 3.84 Å². The van der Waals surface area contributed by atoms with Crippen LogP contribution in [0.1, 0.15) is 31.2 Å². The number of carboxylic acid groups (broad SMARTS) is 1. The summed E-state index contributed by atoms with van der Waals surface area (Å²) in [6, 6.07) is 9.82. The molecular weight excluding hydrogens is 503 g/mol. The summed E-state index contributed by atoms with van der Waals surface area (Å²) in [4.78, 5) is 23.6. The number of rotatable bonds is 5. The molecule has 3 aliphatic rings. The number of amidine groups is 1. The van der Waals surface area contributed by atoms with Crippen LogP contribution in [-0.2, 0) is 6.54 Å². The molecule has 1 unspecified atom stereocenters. The Kier molecular flexibility index (Phi) is 7.48. The number of hydrogen-bond acceptors (Lipinski definition) is 3. The standard InChI is InChI=1S/C21H23IN4O2.ClH/c22-20-24-19(18-12-23-10-11-26(18)20)17-8-6-16(7-9-17)14-25(21(27)28)13-15-4-2-1-3-5-15;/h1-5,10-12,16-17H,6-9,13-14H2,(H,27,28);1H. The van der Waals surface area contributed by atoms with Gasteiger partial charge < -0.3 is 22.4 Å². The Bertz CT molecular complexity index is 861. The van der Waals surface area contributed by atoms with Gasteiger partial charge in [-0.25, -0.2) is 9.69 Å². The Morgan fingerprint density at radius 2 is 1.93 bits per heavy atom. The maximum absolute atomic E-state index is 11.7. The summed E-state index contributed by atoms with van der Waals surface area (Å²) in [7, 11) is 0. The average Bonchev–Trinajstić information content (AvgIpc) is 3.06. The van der Waals surface area contributed by atoms with E-state index in [0.717, 1.165) is 35.1 Å². The minimum Gasteiger partial charge on any atom is -1.00 e. The van der Waals surface area contributed by atoms with Gasteiger partial charge in [0.05, 0.1) is 35.0 Å². The van der Waals surface area contributed by atoms with E-state index in [1.165, 1.54) is 16.3 Å². The second kappa shape index (κ2) is 9.86. The van der Waals surface area contributed by atoms with Crippen LogP contribution in [0, 0.1) is 11.8 Å². The van der Waals surface area contributed by atoms with Gasteiger partial charge in [0.2, 0.25) is 0 Å². The van der Waals surface area contributed by atoms with Gasteiger partial charge in [0, 0.05) is 19.0 Å². The van der Waals surface area contributed by atoms with E-state index in [0.29, 0.717) is 24.9 Å². The van der Waals surface area contributed by atoms with Crippen LogP contribution in [0.3, 0.4) is 0 Å². The Hall–Kier alpha value is -1.71. The van der Waals surface area contributed by atoms with Crippen LogP contribution in [0.4, 0.5) is 4.79 Å². The van der Waals surface area contributed by atoms with Crippen molar-refractivity contribution in [1.82, 2.24) is 4.90 Å². The van der Waals surface area contributed by atoms with E-state index >= 15 is 0 Å². The van der Waals surface area contributed by atoms with E-state index in [-0.39, 0.29) is 12.4 Å². The number of nitrogens with one attached hydrogen (secondary N) is 1. The highest BCUT2D eigenvalue weighted by atomic mass is 127. The van der Waals surface area contributed by atoms with E-state index in [9.17, 15) is 9.90 Å². The van der Waals surface area contributed by atoms with E-state index in [1.54, 1.807) is 4.90 Å². The van der Waals surface area contributed by atoms with Gasteiger partial charge in [0.1, 0.15) is 11.9 Å². The zero-order chi connectivity index (χ0) is 19.5. The van der Waals surface area contributed by atoms with Crippen molar-refractivity contribution < 1.29 is 27.2 Å². The summed E-state index contributed by atoms with van der Waals surface area (Å²) in [6.45, 7) is 1.06. The fourth-order valence-electron chi connectivity index (χ4n) is 4.26. The maximum Gasteiger partial charge on any atom is 0.407 e. The lowest BCUT2D eigenvalue weighted by Gasteiger charge is -2.31. The van der Waals surface area contributed by atoms with Crippen LogP contribution in [0.25, 0.3) is 0 Å². The molecule has 6 nitrogen and oxygen atoms in total. The van der Waals surface area contributed by atoms with Gasteiger partial charge in [-0.1, -0.05) is 30.3 Å². The zero-order valence-corrected chi connectivity index (χ0v) is 18.9. The number of allylic oxidation sites excluding steroid dienone is 2. The number of aliphatic imine (C=N–C) groups is 2. The first kappa shape index (κ1) is 22.0. The molecule has 0 aromatic heterocycles. The monoisotopic (exact) mass is 526 g/mol. The number of fused-ring (bicyclic) bond motifs is 1. The van der Waals surface area contributed by atoms with E-state index in [4.69, 9.17) is 4.99 Å². The molecule has 1 aromatic carbocycles. The van der Waals surface area contributed by atoms with Crippen molar-refractivity contribution >= 4 is 38.7 Å². The molecule has 1 fully saturated rings. The number of benzene rings is 1. The molecule has 8 heteroatoms. The second-order valence-electron chi connectivity index (χ2n) is 7.58. The van der Waals surface area contributed by atoms with Crippen molar-refractivity contribution in [3.05, 3.63) is 59.7 Å². The van der Waals surface area contributed by atoms with Crippen molar-refractivity contribution in [3.8, 4) is 0 Å². The quantitative estimate of drug-likeness (QED) is 0.432. The predicted octanol–water partition coefficient (Wildman–Crippen LogP) is 0.434. The summed E-state index contributed by atoms with van der Waals surface area (Å²) < 4.78 is 1.05. The Balaban J connectivity index is 0.00000240. The fraction of sp³-hybridized carbons (Fsp3) is 0.381. The highest BCUT2D eigenvalue weighted by Crippen LogP contribution is 2.36. The molecule has 1 atom stereocenters. The van der Waals surface area contributed by atoms with Gasteiger partial charge in [-0.2, -0.15) is 4.99 Å². The topological polar surface area (TPSA) is 69.7 Å². The predicted molar refractivity (Wildman–Crippen MR) is 117 cm³/mol. The summed E-state index contributed by atoms with van der Waals surface area (Å²) >= 11 is 2.30. The first-order valence-electron chi connectivity index (χ1n) is 9.69. The Labute approximate surface area is 190 Å². The number of amides is 1. The largest absolute Gasteiger partial charge is 1.00 e. The first-order chi connectivity index (χ1) is 13.6.